The number of carbonyl (C=O) groups is 1. The highest BCUT2D eigenvalue weighted by molar-refractivity contribution is 9.10. The van der Waals surface area contributed by atoms with Gasteiger partial charge in [-0.15, -0.1) is 0 Å². The molecule has 0 radical (unpaired) electrons. The van der Waals surface area contributed by atoms with Crippen molar-refractivity contribution in [2.24, 2.45) is 0 Å². The lowest BCUT2D eigenvalue weighted by atomic mass is 10.2. The zero-order valence-corrected chi connectivity index (χ0v) is 11.8. The van der Waals surface area contributed by atoms with Gasteiger partial charge in [-0.2, -0.15) is 4.68 Å². The van der Waals surface area contributed by atoms with Crippen LogP contribution in [0.1, 0.15) is 26.7 Å². The molecule has 1 amide bonds. The highest BCUT2D eigenvalue weighted by Gasteiger charge is 2.20. The van der Waals surface area contributed by atoms with Gasteiger partial charge >= 0.3 is 5.82 Å². The Balaban J connectivity index is 2.65. The van der Waals surface area contributed by atoms with Crippen LogP contribution in [-0.2, 0) is 11.3 Å². The van der Waals surface area contributed by atoms with Gasteiger partial charge in [0.25, 0.3) is 0 Å². The second-order valence-electron chi connectivity index (χ2n) is 3.84. The van der Waals surface area contributed by atoms with Crippen LogP contribution in [0.3, 0.4) is 0 Å². The van der Waals surface area contributed by atoms with Crippen LogP contribution in [0, 0.1) is 10.1 Å². The molecule has 1 rings (SSSR count). The van der Waals surface area contributed by atoms with E-state index in [1.807, 2.05) is 13.8 Å². The van der Waals surface area contributed by atoms with Crippen molar-refractivity contribution < 1.29 is 9.72 Å². The lowest BCUT2D eigenvalue weighted by molar-refractivity contribution is -0.390. The number of amides is 1. The number of nitrogens with one attached hydrogen (secondary N) is 1. The third-order valence-corrected chi connectivity index (χ3v) is 3.09. The maximum absolute atomic E-state index is 11.7. The predicted molar refractivity (Wildman–Crippen MR) is 69.1 cm³/mol. The summed E-state index contributed by atoms with van der Waals surface area (Å²) >= 11 is 3.03. The van der Waals surface area contributed by atoms with Crippen molar-refractivity contribution in [1.29, 1.82) is 0 Å². The molecule has 0 atom stereocenters. The molecule has 18 heavy (non-hydrogen) atoms. The predicted octanol–water partition coefficient (Wildman–Crippen LogP) is 1.86. The fourth-order valence-electron chi connectivity index (χ4n) is 1.50. The molecule has 0 unspecified atom stereocenters. The summed E-state index contributed by atoms with van der Waals surface area (Å²) in [5, 5.41) is 17.1. The molecule has 1 aromatic rings. The molecule has 0 aliphatic rings. The van der Waals surface area contributed by atoms with E-state index >= 15 is 0 Å². The first-order valence-corrected chi connectivity index (χ1v) is 6.43. The van der Waals surface area contributed by atoms with E-state index in [4.69, 9.17) is 0 Å². The quantitative estimate of drug-likeness (QED) is 0.640. The van der Waals surface area contributed by atoms with E-state index in [1.165, 1.54) is 10.9 Å². The van der Waals surface area contributed by atoms with Gasteiger partial charge in [-0.3, -0.25) is 4.79 Å². The Morgan fingerprint density at radius 2 is 2.22 bits per heavy atom. The molecule has 0 aliphatic heterocycles. The average molecular weight is 319 g/mol. The first-order valence-electron chi connectivity index (χ1n) is 5.64. The van der Waals surface area contributed by atoms with Crippen LogP contribution in [0.2, 0.25) is 0 Å². The highest BCUT2D eigenvalue weighted by Crippen LogP contribution is 2.21. The summed E-state index contributed by atoms with van der Waals surface area (Å²) in [6, 6.07) is 0.131. The minimum absolute atomic E-state index is 0.0249. The standard InChI is InChI=1S/C10H15BrN4O3/c1-3-7(4-2)12-9(16)6-14-5-8(11)10(13-14)15(17)18/h5,7H,3-4,6H2,1-2H3,(H,12,16). The molecule has 0 fully saturated rings. The van der Waals surface area contributed by atoms with Gasteiger partial charge in [-0.05, 0) is 33.7 Å². The Kier molecular flexibility index (Phi) is 5.26. The molecule has 0 aliphatic carbocycles. The number of nitro groups is 1. The highest BCUT2D eigenvalue weighted by atomic mass is 79.9. The number of nitrogens with zero attached hydrogens (tertiary/aromatic N) is 3. The van der Waals surface area contributed by atoms with Crippen molar-refractivity contribution >= 4 is 27.7 Å². The van der Waals surface area contributed by atoms with E-state index in [0.29, 0.717) is 0 Å². The second kappa shape index (κ2) is 6.48. The van der Waals surface area contributed by atoms with Crippen LogP contribution in [0.15, 0.2) is 10.7 Å². The average Bonchev–Trinajstić information content (AvgIpc) is 2.67. The minimum Gasteiger partial charge on any atom is -0.358 e. The summed E-state index contributed by atoms with van der Waals surface area (Å²) in [7, 11) is 0. The third-order valence-electron chi connectivity index (χ3n) is 2.53. The van der Waals surface area contributed by atoms with E-state index in [2.05, 4.69) is 26.3 Å². The molecule has 0 bridgehead atoms. The van der Waals surface area contributed by atoms with Crippen molar-refractivity contribution in [3.8, 4) is 0 Å². The molecule has 8 heteroatoms. The Morgan fingerprint density at radius 3 is 2.67 bits per heavy atom. The lowest BCUT2D eigenvalue weighted by Gasteiger charge is -2.13. The Labute approximate surface area is 113 Å². The zero-order chi connectivity index (χ0) is 13.7. The van der Waals surface area contributed by atoms with Crippen molar-refractivity contribution in [2.45, 2.75) is 39.3 Å². The van der Waals surface area contributed by atoms with E-state index < -0.39 is 4.92 Å². The van der Waals surface area contributed by atoms with Crippen molar-refractivity contribution in [3.05, 3.63) is 20.8 Å². The van der Waals surface area contributed by atoms with Gasteiger partial charge in [0.15, 0.2) is 0 Å². The van der Waals surface area contributed by atoms with E-state index in [9.17, 15) is 14.9 Å². The van der Waals surface area contributed by atoms with Crippen LogP contribution in [0.4, 0.5) is 5.82 Å². The van der Waals surface area contributed by atoms with E-state index in [1.54, 1.807) is 0 Å². The molecule has 0 saturated carbocycles. The minimum atomic E-state index is -0.598. The normalized spacial score (nSPS) is 10.7. The van der Waals surface area contributed by atoms with Crippen molar-refractivity contribution in [1.82, 2.24) is 15.1 Å². The lowest BCUT2D eigenvalue weighted by Crippen LogP contribution is -2.36. The summed E-state index contributed by atoms with van der Waals surface area (Å²) in [5.74, 6) is -0.487. The maximum atomic E-state index is 11.7. The van der Waals surface area contributed by atoms with Gasteiger partial charge in [0, 0.05) is 6.04 Å². The molecule has 1 N–H and O–H groups in total. The largest absolute Gasteiger partial charge is 0.404 e. The Bertz CT molecular complexity index is 442. The van der Waals surface area contributed by atoms with Crippen LogP contribution in [-0.4, -0.2) is 26.7 Å². The first kappa shape index (κ1) is 14.6. The second-order valence-corrected chi connectivity index (χ2v) is 4.69. The molecule has 0 aromatic carbocycles. The first-order chi connectivity index (χ1) is 8.47. The Morgan fingerprint density at radius 1 is 1.61 bits per heavy atom. The summed E-state index contributed by atoms with van der Waals surface area (Å²) in [6.07, 6.45) is 3.13. The van der Waals surface area contributed by atoms with Gasteiger partial charge in [-0.25, -0.2) is 0 Å². The summed E-state index contributed by atoms with van der Waals surface area (Å²) in [5.41, 5.74) is 0. The van der Waals surface area contributed by atoms with Crippen molar-refractivity contribution in [3.63, 3.8) is 0 Å². The van der Waals surface area contributed by atoms with Crippen LogP contribution >= 0.6 is 15.9 Å². The van der Waals surface area contributed by atoms with Crippen LogP contribution in [0.5, 0.6) is 0 Å². The van der Waals surface area contributed by atoms with Gasteiger partial charge in [0.05, 0.1) is 11.3 Å². The number of halogens is 1. The molecular formula is C10H15BrN4O3. The van der Waals surface area contributed by atoms with Crippen LogP contribution in [0.25, 0.3) is 0 Å². The number of aromatic nitrogens is 2. The fourth-order valence-corrected chi connectivity index (χ4v) is 1.97. The van der Waals surface area contributed by atoms with Crippen LogP contribution < -0.4 is 5.32 Å². The smallest absolute Gasteiger partial charge is 0.358 e. The summed E-state index contributed by atoms with van der Waals surface area (Å²) < 4.78 is 1.52. The number of carbonyl (C=O) groups excluding carboxylic acids is 1. The zero-order valence-electron chi connectivity index (χ0n) is 10.2. The molecule has 0 spiro atoms. The SMILES string of the molecule is CCC(CC)NC(=O)Cn1cc(Br)c([N+](=O)[O-])n1. The molecule has 100 valence electrons. The van der Waals surface area contributed by atoms with Gasteiger partial charge < -0.3 is 15.4 Å². The number of rotatable bonds is 6. The van der Waals surface area contributed by atoms with Gasteiger partial charge in [0.2, 0.25) is 5.91 Å². The summed E-state index contributed by atoms with van der Waals surface area (Å²) in [6.45, 7) is 3.95. The molecule has 1 aromatic heterocycles. The fraction of sp³-hybridized carbons (Fsp3) is 0.600. The van der Waals surface area contributed by atoms with E-state index in [0.717, 1.165) is 12.8 Å². The van der Waals surface area contributed by atoms with Gasteiger partial charge in [0.1, 0.15) is 11.0 Å². The monoisotopic (exact) mass is 318 g/mol. The van der Waals surface area contributed by atoms with E-state index in [-0.39, 0.29) is 28.8 Å². The van der Waals surface area contributed by atoms with Crippen molar-refractivity contribution in [2.75, 3.05) is 0 Å². The molecule has 1 heterocycles. The molecule has 7 nitrogen and oxygen atoms in total. The topological polar surface area (TPSA) is 90.1 Å². The third kappa shape index (κ3) is 3.80. The summed E-state index contributed by atoms with van der Waals surface area (Å²) in [4.78, 5) is 21.7. The Hall–Kier alpha value is -1.44. The molecule has 0 saturated heterocycles. The maximum Gasteiger partial charge on any atom is 0.404 e. The number of hydrogen-bond donors (Lipinski definition) is 1. The number of hydrogen-bond acceptors (Lipinski definition) is 4. The van der Waals surface area contributed by atoms with Gasteiger partial charge in [-0.1, -0.05) is 13.8 Å². The molecular weight excluding hydrogens is 304 g/mol.